The van der Waals surface area contributed by atoms with Crippen LogP contribution >= 0.6 is 11.3 Å². The Morgan fingerprint density at radius 2 is 1.61 bits per heavy atom. The van der Waals surface area contributed by atoms with Crippen molar-refractivity contribution in [3.8, 4) is 17.2 Å². The number of nitrogens with one attached hydrogen (secondary N) is 1. The monoisotopic (exact) mass is 447 g/mol. The molecule has 160 valence electrons. The van der Waals surface area contributed by atoms with E-state index in [0.717, 1.165) is 21.6 Å². The predicted molar refractivity (Wildman–Crippen MR) is 133 cm³/mol. The van der Waals surface area contributed by atoms with Crippen molar-refractivity contribution in [3.05, 3.63) is 107 Å². The van der Waals surface area contributed by atoms with Crippen LogP contribution in [0.3, 0.4) is 0 Å². The zero-order valence-corrected chi connectivity index (χ0v) is 18.7. The Bertz CT molecular complexity index is 1370. The number of para-hydroxylation sites is 1. The number of anilines is 1. The fourth-order valence-electron chi connectivity index (χ4n) is 3.69. The molecule has 2 aromatic heterocycles. The molecule has 0 bridgehead atoms. The summed E-state index contributed by atoms with van der Waals surface area (Å²) in [7, 11) is 0. The topological polar surface area (TPSA) is 74.5 Å². The molecule has 0 saturated carbocycles. The molecular weight excluding hydrogens is 426 g/mol. The van der Waals surface area contributed by atoms with Gasteiger partial charge in [-0.1, -0.05) is 66.7 Å². The lowest BCUT2D eigenvalue weighted by molar-refractivity contribution is 0.917. The van der Waals surface area contributed by atoms with Gasteiger partial charge in [0.2, 0.25) is 5.95 Å². The average Bonchev–Trinajstić information content (AvgIpc) is 3.30. The maximum absolute atomic E-state index is 9.81. The summed E-state index contributed by atoms with van der Waals surface area (Å²) in [4.78, 5) is 13.6. The quantitative estimate of drug-likeness (QED) is 0.328. The van der Waals surface area contributed by atoms with E-state index in [4.69, 9.17) is 0 Å². The van der Waals surface area contributed by atoms with E-state index in [1.165, 1.54) is 28.0 Å². The molecule has 0 saturated heterocycles. The largest absolute Gasteiger partial charge is 0.354 e. The van der Waals surface area contributed by atoms with Gasteiger partial charge in [0.15, 0.2) is 0 Å². The SMILES string of the molecule is N#CC(c1ccnc(NCCc2ccc(-c3ccccc3)cc2)n1)c1nc2ccccc2s1. The number of nitriles is 1. The van der Waals surface area contributed by atoms with Crippen LogP contribution in [0, 0.1) is 11.3 Å². The van der Waals surface area contributed by atoms with Crippen molar-refractivity contribution in [2.75, 3.05) is 11.9 Å². The highest BCUT2D eigenvalue weighted by Gasteiger charge is 2.20. The van der Waals surface area contributed by atoms with Crippen molar-refractivity contribution in [2.24, 2.45) is 0 Å². The van der Waals surface area contributed by atoms with Gasteiger partial charge >= 0.3 is 0 Å². The molecule has 0 aliphatic heterocycles. The summed E-state index contributed by atoms with van der Waals surface area (Å²) in [5, 5.41) is 13.9. The highest BCUT2D eigenvalue weighted by Crippen LogP contribution is 2.30. The van der Waals surface area contributed by atoms with Gasteiger partial charge in [0.1, 0.15) is 10.9 Å². The molecule has 1 N–H and O–H groups in total. The standard InChI is InChI=1S/C27H21N5S/c28-18-22(26-31-24-8-4-5-9-25(24)33-26)23-15-17-30-27(32-23)29-16-14-19-10-12-21(13-11-19)20-6-2-1-3-7-20/h1-13,15,17,22H,14,16H2,(H,29,30,32). The summed E-state index contributed by atoms with van der Waals surface area (Å²) >= 11 is 1.53. The molecule has 0 aliphatic rings. The van der Waals surface area contributed by atoms with Gasteiger partial charge in [-0.05, 0) is 41.3 Å². The lowest BCUT2D eigenvalue weighted by atomic mass is 10.0. The van der Waals surface area contributed by atoms with Crippen LogP contribution in [0.4, 0.5) is 5.95 Å². The third kappa shape index (κ3) is 4.74. The number of hydrogen-bond acceptors (Lipinski definition) is 6. The number of rotatable bonds is 7. The summed E-state index contributed by atoms with van der Waals surface area (Å²) in [6.07, 6.45) is 2.54. The van der Waals surface area contributed by atoms with Crippen LogP contribution in [0.1, 0.15) is 22.2 Å². The smallest absolute Gasteiger partial charge is 0.222 e. The van der Waals surface area contributed by atoms with E-state index < -0.39 is 5.92 Å². The van der Waals surface area contributed by atoms with Crippen LogP contribution < -0.4 is 5.32 Å². The first kappa shape index (κ1) is 20.8. The number of hydrogen-bond donors (Lipinski definition) is 1. The second-order valence-electron chi connectivity index (χ2n) is 7.63. The van der Waals surface area contributed by atoms with Gasteiger partial charge in [0, 0.05) is 12.7 Å². The molecule has 0 amide bonds. The first-order valence-corrected chi connectivity index (χ1v) is 11.6. The van der Waals surface area contributed by atoms with Crippen LogP contribution in [-0.2, 0) is 6.42 Å². The number of nitrogens with zero attached hydrogens (tertiary/aromatic N) is 4. The number of fused-ring (bicyclic) bond motifs is 1. The molecule has 1 unspecified atom stereocenters. The number of benzene rings is 3. The molecule has 0 spiro atoms. The molecule has 2 heterocycles. The normalized spacial score (nSPS) is 11.7. The second kappa shape index (κ2) is 9.60. The minimum Gasteiger partial charge on any atom is -0.354 e. The Morgan fingerprint density at radius 1 is 0.848 bits per heavy atom. The number of thiazole rings is 1. The van der Waals surface area contributed by atoms with Gasteiger partial charge in [0.25, 0.3) is 0 Å². The van der Waals surface area contributed by atoms with Crippen LogP contribution in [0.5, 0.6) is 0 Å². The predicted octanol–water partition coefficient (Wildman–Crippen LogP) is 6.06. The van der Waals surface area contributed by atoms with E-state index in [-0.39, 0.29) is 0 Å². The summed E-state index contributed by atoms with van der Waals surface area (Å²) in [5.41, 5.74) is 5.22. The fraction of sp³-hybridized carbons (Fsp3) is 0.111. The zero-order chi connectivity index (χ0) is 22.5. The van der Waals surface area contributed by atoms with Gasteiger partial charge in [-0.2, -0.15) is 5.26 Å². The Morgan fingerprint density at radius 3 is 2.39 bits per heavy atom. The molecule has 5 nitrogen and oxygen atoms in total. The van der Waals surface area contributed by atoms with Crippen LogP contribution in [0.2, 0.25) is 0 Å². The lowest BCUT2D eigenvalue weighted by Gasteiger charge is -2.09. The molecule has 0 fully saturated rings. The molecule has 0 radical (unpaired) electrons. The maximum atomic E-state index is 9.81. The van der Waals surface area contributed by atoms with Crippen LogP contribution in [-0.4, -0.2) is 21.5 Å². The average molecular weight is 448 g/mol. The third-order valence-electron chi connectivity index (χ3n) is 5.42. The van der Waals surface area contributed by atoms with Crippen molar-refractivity contribution in [1.82, 2.24) is 15.0 Å². The Hall–Kier alpha value is -4.08. The Labute approximate surface area is 196 Å². The maximum Gasteiger partial charge on any atom is 0.222 e. The highest BCUT2D eigenvalue weighted by atomic mass is 32.1. The molecule has 33 heavy (non-hydrogen) atoms. The molecular formula is C27H21N5S. The molecule has 1 atom stereocenters. The van der Waals surface area contributed by atoms with E-state index in [1.807, 2.05) is 30.3 Å². The van der Waals surface area contributed by atoms with Gasteiger partial charge < -0.3 is 5.32 Å². The summed E-state index contributed by atoms with van der Waals surface area (Å²) in [6.45, 7) is 0.701. The van der Waals surface area contributed by atoms with Gasteiger partial charge in [-0.25, -0.2) is 15.0 Å². The van der Waals surface area contributed by atoms with Crippen molar-refractivity contribution >= 4 is 27.5 Å². The van der Waals surface area contributed by atoms with Crippen molar-refractivity contribution in [1.29, 1.82) is 5.26 Å². The van der Waals surface area contributed by atoms with E-state index >= 15 is 0 Å². The molecule has 5 rings (SSSR count). The molecule has 0 aliphatic carbocycles. The van der Waals surface area contributed by atoms with Crippen molar-refractivity contribution in [2.45, 2.75) is 12.3 Å². The van der Waals surface area contributed by atoms with E-state index in [1.54, 1.807) is 12.3 Å². The highest BCUT2D eigenvalue weighted by molar-refractivity contribution is 7.18. The van der Waals surface area contributed by atoms with Crippen molar-refractivity contribution < 1.29 is 0 Å². The molecule has 5 aromatic rings. The van der Waals surface area contributed by atoms with Crippen molar-refractivity contribution in [3.63, 3.8) is 0 Å². The zero-order valence-electron chi connectivity index (χ0n) is 17.8. The van der Waals surface area contributed by atoms with E-state index in [2.05, 4.69) is 74.9 Å². The minimum atomic E-state index is -0.517. The second-order valence-corrected chi connectivity index (χ2v) is 8.69. The summed E-state index contributed by atoms with van der Waals surface area (Å²) < 4.78 is 1.07. The summed E-state index contributed by atoms with van der Waals surface area (Å²) in [5.74, 6) is 0.00578. The van der Waals surface area contributed by atoms with Crippen LogP contribution in [0.25, 0.3) is 21.3 Å². The van der Waals surface area contributed by atoms with E-state index in [0.29, 0.717) is 18.2 Å². The third-order valence-corrected chi connectivity index (χ3v) is 6.52. The molecule has 3 aromatic carbocycles. The van der Waals surface area contributed by atoms with E-state index in [9.17, 15) is 5.26 Å². The van der Waals surface area contributed by atoms with Gasteiger partial charge in [-0.3, -0.25) is 0 Å². The first-order chi connectivity index (χ1) is 16.3. The van der Waals surface area contributed by atoms with Crippen LogP contribution in [0.15, 0.2) is 91.1 Å². The fourth-order valence-corrected chi connectivity index (χ4v) is 4.72. The molecule has 6 heteroatoms. The summed E-state index contributed by atoms with van der Waals surface area (Å²) in [6, 6.07) is 31.0. The Kier molecular flexibility index (Phi) is 6.05. The Balaban J connectivity index is 1.24. The van der Waals surface area contributed by atoms with Gasteiger partial charge in [-0.15, -0.1) is 11.3 Å². The first-order valence-electron chi connectivity index (χ1n) is 10.8. The number of aromatic nitrogens is 3. The lowest BCUT2D eigenvalue weighted by Crippen LogP contribution is -2.10. The van der Waals surface area contributed by atoms with Gasteiger partial charge in [0.05, 0.1) is 22.0 Å². The minimum absolute atomic E-state index is 0.517.